The van der Waals surface area contributed by atoms with Crippen LogP contribution in [0.25, 0.3) is 0 Å². The SMILES string of the molecule is Cc1oc(CN2CCOCC2=O)cc1C(=O)O. The Morgan fingerprint density at radius 2 is 2.35 bits per heavy atom. The van der Waals surface area contributed by atoms with Crippen molar-refractivity contribution >= 4 is 11.9 Å². The lowest BCUT2D eigenvalue weighted by molar-refractivity contribution is -0.143. The molecule has 1 aromatic heterocycles. The predicted molar refractivity (Wildman–Crippen MR) is 56.6 cm³/mol. The fourth-order valence-corrected chi connectivity index (χ4v) is 1.74. The second-order valence-electron chi connectivity index (χ2n) is 3.86. The third-order valence-corrected chi connectivity index (χ3v) is 2.63. The van der Waals surface area contributed by atoms with Crippen LogP contribution < -0.4 is 0 Å². The van der Waals surface area contributed by atoms with Crippen LogP contribution in [0, 0.1) is 6.92 Å². The van der Waals surface area contributed by atoms with Gasteiger partial charge < -0.3 is 19.2 Å². The topological polar surface area (TPSA) is 80.0 Å². The highest BCUT2D eigenvalue weighted by Gasteiger charge is 2.21. The molecule has 0 unspecified atom stereocenters. The molecule has 0 bridgehead atoms. The van der Waals surface area contributed by atoms with Crippen LogP contribution in [0.4, 0.5) is 0 Å². The normalized spacial score (nSPS) is 16.3. The van der Waals surface area contributed by atoms with E-state index in [9.17, 15) is 9.59 Å². The van der Waals surface area contributed by atoms with E-state index < -0.39 is 5.97 Å². The van der Waals surface area contributed by atoms with Crippen LogP contribution in [-0.4, -0.2) is 41.6 Å². The highest BCUT2D eigenvalue weighted by Crippen LogP contribution is 2.17. The molecule has 1 fully saturated rings. The number of hydrogen-bond acceptors (Lipinski definition) is 4. The average molecular weight is 239 g/mol. The second kappa shape index (κ2) is 4.58. The van der Waals surface area contributed by atoms with E-state index in [1.807, 2.05) is 0 Å². The summed E-state index contributed by atoms with van der Waals surface area (Å²) in [5.41, 5.74) is 0.140. The van der Waals surface area contributed by atoms with Crippen LogP contribution in [0.2, 0.25) is 0 Å². The maximum absolute atomic E-state index is 11.5. The summed E-state index contributed by atoms with van der Waals surface area (Å²) in [5.74, 6) is -0.295. The molecule has 0 radical (unpaired) electrons. The molecule has 1 aliphatic rings. The first-order valence-corrected chi connectivity index (χ1v) is 5.26. The zero-order valence-corrected chi connectivity index (χ0v) is 9.43. The van der Waals surface area contributed by atoms with Gasteiger partial charge in [-0.25, -0.2) is 4.79 Å². The van der Waals surface area contributed by atoms with Crippen LogP contribution >= 0.6 is 0 Å². The number of carboxylic acids is 1. The molecular weight excluding hydrogens is 226 g/mol. The van der Waals surface area contributed by atoms with Gasteiger partial charge in [-0.05, 0) is 13.0 Å². The fraction of sp³-hybridized carbons (Fsp3) is 0.455. The van der Waals surface area contributed by atoms with Crippen molar-refractivity contribution in [3.63, 3.8) is 0 Å². The Morgan fingerprint density at radius 1 is 1.59 bits per heavy atom. The maximum atomic E-state index is 11.5. The van der Waals surface area contributed by atoms with Gasteiger partial charge in [0.15, 0.2) is 0 Å². The average Bonchev–Trinajstić information content (AvgIpc) is 2.63. The van der Waals surface area contributed by atoms with E-state index in [-0.39, 0.29) is 24.6 Å². The molecule has 1 aromatic rings. The molecule has 1 saturated heterocycles. The third kappa shape index (κ3) is 2.47. The van der Waals surface area contributed by atoms with Crippen LogP contribution in [0.5, 0.6) is 0 Å². The number of aromatic carboxylic acids is 1. The Kier molecular flexibility index (Phi) is 3.14. The van der Waals surface area contributed by atoms with Gasteiger partial charge in [-0.15, -0.1) is 0 Å². The summed E-state index contributed by atoms with van der Waals surface area (Å²) in [6, 6.07) is 1.46. The molecule has 6 nitrogen and oxygen atoms in total. The first kappa shape index (κ1) is 11.7. The number of furan rings is 1. The van der Waals surface area contributed by atoms with Crippen LogP contribution in [0.15, 0.2) is 10.5 Å². The van der Waals surface area contributed by atoms with Crippen LogP contribution in [0.3, 0.4) is 0 Å². The van der Waals surface area contributed by atoms with Gasteiger partial charge in [-0.3, -0.25) is 4.79 Å². The van der Waals surface area contributed by atoms with Gasteiger partial charge in [0.2, 0.25) is 5.91 Å². The monoisotopic (exact) mass is 239 g/mol. The number of carboxylic acid groups (broad SMARTS) is 1. The Morgan fingerprint density at radius 3 is 2.94 bits per heavy atom. The molecular formula is C11H13NO5. The molecule has 92 valence electrons. The van der Waals surface area contributed by atoms with Crippen molar-refractivity contribution in [3.8, 4) is 0 Å². The number of morpholine rings is 1. The first-order valence-electron chi connectivity index (χ1n) is 5.26. The van der Waals surface area contributed by atoms with E-state index in [0.29, 0.717) is 24.7 Å². The number of carbonyl (C=O) groups excluding carboxylic acids is 1. The van der Waals surface area contributed by atoms with E-state index in [2.05, 4.69) is 0 Å². The Balaban J connectivity index is 2.10. The number of nitrogens with zero attached hydrogens (tertiary/aromatic N) is 1. The van der Waals surface area contributed by atoms with Gasteiger partial charge in [-0.1, -0.05) is 0 Å². The van der Waals surface area contributed by atoms with Crippen molar-refractivity contribution < 1.29 is 23.8 Å². The predicted octanol–water partition coefficient (Wildman–Crippen LogP) is 0.645. The minimum atomic E-state index is -1.02. The number of amides is 1. The molecule has 0 aromatic carbocycles. The summed E-state index contributed by atoms with van der Waals surface area (Å²) in [6.07, 6.45) is 0. The van der Waals surface area contributed by atoms with Crippen molar-refractivity contribution in [2.45, 2.75) is 13.5 Å². The zero-order chi connectivity index (χ0) is 12.4. The maximum Gasteiger partial charge on any atom is 0.339 e. The van der Waals surface area contributed by atoms with Crippen LogP contribution in [-0.2, 0) is 16.1 Å². The largest absolute Gasteiger partial charge is 0.478 e. The summed E-state index contributed by atoms with van der Waals surface area (Å²) < 4.78 is 10.3. The minimum Gasteiger partial charge on any atom is -0.478 e. The Hall–Kier alpha value is -1.82. The Labute approximate surface area is 97.8 Å². The van der Waals surface area contributed by atoms with Gasteiger partial charge in [0.25, 0.3) is 0 Å². The number of ether oxygens (including phenoxy) is 1. The van der Waals surface area contributed by atoms with E-state index in [1.165, 1.54) is 6.07 Å². The van der Waals surface area contributed by atoms with Crippen molar-refractivity contribution in [2.24, 2.45) is 0 Å². The highest BCUT2D eigenvalue weighted by molar-refractivity contribution is 5.88. The molecule has 1 aliphatic heterocycles. The first-order chi connectivity index (χ1) is 8.08. The fourth-order valence-electron chi connectivity index (χ4n) is 1.74. The lowest BCUT2D eigenvalue weighted by Gasteiger charge is -2.25. The van der Waals surface area contributed by atoms with Gasteiger partial charge in [-0.2, -0.15) is 0 Å². The second-order valence-corrected chi connectivity index (χ2v) is 3.86. The quantitative estimate of drug-likeness (QED) is 0.837. The summed E-state index contributed by atoms with van der Waals surface area (Å²) in [7, 11) is 0. The summed E-state index contributed by atoms with van der Waals surface area (Å²) in [6.45, 7) is 2.95. The van der Waals surface area contributed by atoms with Gasteiger partial charge in [0, 0.05) is 6.54 Å². The number of aryl methyl sites for hydroxylation is 1. The minimum absolute atomic E-state index is 0.0749. The van der Waals surface area contributed by atoms with E-state index >= 15 is 0 Å². The molecule has 0 saturated carbocycles. The molecule has 6 heteroatoms. The van der Waals surface area contributed by atoms with Crippen LogP contribution in [0.1, 0.15) is 21.9 Å². The van der Waals surface area contributed by atoms with Crippen molar-refractivity contribution in [1.82, 2.24) is 4.90 Å². The van der Waals surface area contributed by atoms with Gasteiger partial charge in [0.1, 0.15) is 23.7 Å². The molecule has 2 heterocycles. The Bertz CT molecular complexity index is 451. The lowest BCUT2D eigenvalue weighted by Crippen LogP contribution is -2.40. The van der Waals surface area contributed by atoms with E-state index in [0.717, 1.165) is 0 Å². The summed E-state index contributed by atoms with van der Waals surface area (Å²) in [5, 5.41) is 8.88. The molecule has 0 aliphatic carbocycles. The van der Waals surface area contributed by atoms with E-state index in [4.69, 9.17) is 14.3 Å². The number of carbonyl (C=O) groups is 2. The molecule has 1 N–H and O–H groups in total. The molecule has 1 amide bonds. The smallest absolute Gasteiger partial charge is 0.339 e. The standard InChI is InChI=1S/C11H13NO5/c1-7-9(11(14)15)4-8(17-7)5-12-2-3-16-6-10(12)13/h4H,2-3,5-6H2,1H3,(H,14,15). The molecule has 17 heavy (non-hydrogen) atoms. The summed E-state index contributed by atoms with van der Waals surface area (Å²) >= 11 is 0. The molecule has 0 atom stereocenters. The van der Waals surface area contributed by atoms with Gasteiger partial charge in [0.05, 0.1) is 13.2 Å². The number of hydrogen-bond donors (Lipinski definition) is 1. The summed E-state index contributed by atoms with van der Waals surface area (Å²) in [4.78, 5) is 23.9. The van der Waals surface area contributed by atoms with Crippen molar-refractivity contribution in [3.05, 3.63) is 23.2 Å². The van der Waals surface area contributed by atoms with E-state index in [1.54, 1.807) is 11.8 Å². The van der Waals surface area contributed by atoms with Crippen molar-refractivity contribution in [2.75, 3.05) is 19.8 Å². The molecule has 0 spiro atoms. The highest BCUT2D eigenvalue weighted by atomic mass is 16.5. The van der Waals surface area contributed by atoms with Crippen molar-refractivity contribution in [1.29, 1.82) is 0 Å². The third-order valence-electron chi connectivity index (χ3n) is 2.63. The van der Waals surface area contributed by atoms with Gasteiger partial charge >= 0.3 is 5.97 Å². The lowest BCUT2D eigenvalue weighted by atomic mass is 10.2. The number of rotatable bonds is 3. The molecule has 2 rings (SSSR count). The zero-order valence-electron chi connectivity index (χ0n) is 9.43.